The van der Waals surface area contributed by atoms with Gasteiger partial charge in [-0.1, -0.05) is 33.1 Å². The summed E-state index contributed by atoms with van der Waals surface area (Å²) in [5, 5.41) is 8.05. The predicted octanol–water partition coefficient (Wildman–Crippen LogP) is 3.46. The van der Waals surface area contributed by atoms with Gasteiger partial charge >= 0.3 is 0 Å². The third-order valence-electron chi connectivity index (χ3n) is 0.236. The maximum atomic E-state index is 8.05. The number of rotatable bonds is 1. The summed E-state index contributed by atoms with van der Waals surface area (Å²) in [6, 6.07) is 0. The van der Waals surface area contributed by atoms with E-state index in [1.165, 1.54) is 6.08 Å². The Morgan fingerprint density at radius 2 is 1.40 bits per heavy atom. The minimum absolute atomic E-state index is 0.0185. The highest BCUT2D eigenvalue weighted by Gasteiger charge is 1.62. The van der Waals surface area contributed by atoms with E-state index in [0.717, 1.165) is 0 Å². The van der Waals surface area contributed by atoms with Crippen LogP contribution in [0.5, 0.6) is 0 Å². The summed E-state index contributed by atoms with van der Waals surface area (Å²) in [7, 11) is 0. The van der Waals surface area contributed by atoms with Crippen LogP contribution in [-0.2, 0) is 0 Å². The fourth-order valence-corrected chi connectivity index (χ4v) is 0. The molecule has 0 unspecified atom stereocenters. The van der Waals surface area contributed by atoms with E-state index < -0.39 is 0 Å². The molecular formula is C9H18O. The van der Waals surface area contributed by atoms with Gasteiger partial charge in [0.15, 0.2) is 0 Å². The van der Waals surface area contributed by atoms with Gasteiger partial charge in [-0.05, 0) is 13.0 Å². The van der Waals surface area contributed by atoms with Gasteiger partial charge in [0.2, 0.25) is 0 Å². The first-order valence-corrected chi connectivity index (χ1v) is 3.26. The van der Waals surface area contributed by atoms with E-state index in [4.69, 9.17) is 5.11 Å². The minimum Gasteiger partial charge on any atom is -0.509 e. The Kier molecular flexibility index (Phi) is 39.2. The molecule has 60 valence electrons. The van der Waals surface area contributed by atoms with E-state index in [0.29, 0.717) is 0 Å². The maximum Gasteiger partial charge on any atom is 0.107 e. The first-order valence-electron chi connectivity index (χ1n) is 3.26. The smallest absolute Gasteiger partial charge is 0.107 e. The van der Waals surface area contributed by atoms with E-state index >= 15 is 0 Å². The summed E-state index contributed by atoms with van der Waals surface area (Å²) in [6.45, 7) is 15.6. The molecule has 0 aliphatic carbocycles. The van der Waals surface area contributed by atoms with Crippen LogP contribution in [0.2, 0.25) is 0 Å². The fraction of sp³-hybridized carbons (Fsp3) is 0.333. The normalized spacial score (nSPS) is 5.10. The highest BCUT2D eigenvalue weighted by molar-refractivity contribution is 4.98. The largest absolute Gasteiger partial charge is 0.509 e. The second-order valence-corrected chi connectivity index (χ2v) is 1.10. The van der Waals surface area contributed by atoms with Crippen molar-refractivity contribution >= 4 is 0 Å². The van der Waals surface area contributed by atoms with Crippen LogP contribution in [0.4, 0.5) is 0 Å². The van der Waals surface area contributed by atoms with Crippen LogP contribution in [0, 0.1) is 0 Å². The lowest BCUT2D eigenvalue weighted by atomic mass is 10.6. The Morgan fingerprint density at radius 3 is 1.40 bits per heavy atom. The third kappa shape index (κ3) is 245. The van der Waals surface area contributed by atoms with Crippen molar-refractivity contribution in [1.29, 1.82) is 0 Å². The van der Waals surface area contributed by atoms with Crippen LogP contribution in [0.25, 0.3) is 0 Å². The molecule has 0 aliphatic heterocycles. The number of hydrogen-bond donors (Lipinski definition) is 1. The summed E-state index contributed by atoms with van der Waals surface area (Å²) < 4.78 is 0. The molecule has 0 spiro atoms. The third-order valence-corrected chi connectivity index (χ3v) is 0.236. The Bertz CT molecular complexity index is 82.7. The van der Waals surface area contributed by atoms with Gasteiger partial charge in [-0.15, -0.1) is 6.58 Å². The zero-order valence-corrected chi connectivity index (χ0v) is 7.22. The number of aliphatic hydroxyl groups is 1. The lowest BCUT2D eigenvalue weighted by Gasteiger charge is -1.73. The van der Waals surface area contributed by atoms with Crippen LogP contribution in [0.15, 0.2) is 37.6 Å². The van der Waals surface area contributed by atoms with E-state index in [1.807, 2.05) is 20.8 Å². The SMILES string of the molecule is C=CC.C=CC(=C)O.CC. The summed E-state index contributed by atoms with van der Waals surface area (Å²) in [5.74, 6) is 0.0185. The molecule has 10 heavy (non-hydrogen) atoms. The van der Waals surface area contributed by atoms with Crippen molar-refractivity contribution in [2.75, 3.05) is 0 Å². The van der Waals surface area contributed by atoms with Crippen molar-refractivity contribution in [3.05, 3.63) is 37.6 Å². The van der Waals surface area contributed by atoms with Crippen LogP contribution >= 0.6 is 0 Å². The second-order valence-electron chi connectivity index (χ2n) is 1.10. The van der Waals surface area contributed by atoms with Gasteiger partial charge in [-0.3, -0.25) is 0 Å². The molecule has 0 radical (unpaired) electrons. The lowest BCUT2D eigenvalue weighted by Crippen LogP contribution is -1.59. The molecule has 0 saturated carbocycles. The zero-order chi connectivity index (χ0) is 8.99. The van der Waals surface area contributed by atoms with Crippen molar-refractivity contribution in [2.24, 2.45) is 0 Å². The lowest BCUT2D eigenvalue weighted by molar-refractivity contribution is 0.435. The monoisotopic (exact) mass is 142 g/mol. The van der Waals surface area contributed by atoms with Gasteiger partial charge in [0.05, 0.1) is 0 Å². The number of hydrogen-bond acceptors (Lipinski definition) is 1. The van der Waals surface area contributed by atoms with Crippen LogP contribution in [0.1, 0.15) is 20.8 Å². The first kappa shape index (κ1) is 16.0. The zero-order valence-electron chi connectivity index (χ0n) is 7.22. The first-order chi connectivity index (χ1) is 4.68. The van der Waals surface area contributed by atoms with Gasteiger partial charge in [-0.2, -0.15) is 0 Å². The molecule has 0 aromatic heterocycles. The van der Waals surface area contributed by atoms with Crippen LogP contribution in [0.3, 0.4) is 0 Å². The predicted molar refractivity (Wildman–Crippen MR) is 49.2 cm³/mol. The average Bonchev–Trinajstić information content (AvgIpc) is 1.94. The van der Waals surface area contributed by atoms with Crippen LogP contribution < -0.4 is 0 Å². The summed E-state index contributed by atoms with van der Waals surface area (Å²) in [5.41, 5.74) is 0. The van der Waals surface area contributed by atoms with Crippen molar-refractivity contribution in [2.45, 2.75) is 20.8 Å². The van der Waals surface area contributed by atoms with E-state index in [-0.39, 0.29) is 5.76 Å². The molecule has 0 saturated heterocycles. The van der Waals surface area contributed by atoms with Gasteiger partial charge in [0.1, 0.15) is 5.76 Å². The van der Waals surface area contributed by atoms with Gasteiger partial charge < -0.3 is 5.11 Å². The highest BCUT2D eigenvalue weighted by atomic mass is 16.3. The topological polar surface area (TPSA) is 20.2 Å². The Hall–Kier alpha value is -0.980. The minimum atomic E-state index is 0.0185. The van der Waals surface area contributed by atoms with E-state index in [1.54, 1.807) is 6.08 Å². The average molecular weight is 142 g/mol. The molecule has 0 heterocycles. The molecule has 0 fully saturated rings. The molecule has 0 bridgehead atoms. The van der Waals surface area contributed by atoms with Crippen molar-refractivity contribution in [3.63, 3.8) is 0 Å². The Balaban J connectivity index is -0.0000000847. The van der Waals surface area contributed by atoms with E-state index in [9.17, 15) is 0 Å². The van der Waals surface area contributed by atoms with Crippen LogP contribution in [-0.4, -0.2) is 5.11 Å². The quantitative estimate of drug-likeness (QED) is 0.337. The standard InChI is InChI=1S/C4H6O.C3H6.C2H6/c1-3-4(2)5;1-3-2;1-2/h3,5H,1-2H2;3H,1H2,2H3;1-2H3. The van der Waals surface area contributed by atoms with Crippen molar-refractivity contribution in [1.82, 2.24) is 0 Å². The fourth-order valence-electron chi connectivity index (χ4n) is 0. The second kappa shape index (κ2) is 24.5. The Labute approximate surface area is 64.4 Å². The van der Waals surface area contributed by atoms with Crippen molar-refractivity contribution < 1.29 is 5.11 Å². The molecular weight excluding hydrogens is 124 g/mol. The van der Waals surface area contributed by atoms with Crippen molar-refractivity contribution in [3.8, 4) is 0 Å². The van der Waals surface area contributed by atoms with Gasteiger partial charge in [0, 0.05) is 0 Å². The molecule has 0 aromatic carbocycles. The molecule has 0 amide bonds. The summed E-state index contributed by atoms with van der Waals surface area (Å²) in [6.07, 6.45) is 3.03. The Morgan fingerprint density at radius 1 is 1.30 bits per heavy atom. The summed E-state index contributed by atoms with van der Waals surface area (Å²) >= 11 is 0. The molecule has 1 heteroatoms. The molecule has 1 nitrogen and oxygen atoms in total. The molecule has 0 aliphatic rings. The van der Waals surface area contributed by atoms with Gasteiger partial charge in [-0.25, -0.2) is 0 Å². The number of allylic oxidation sites excluding steroid dienone is 2. The maximum absolute atomic E-state index is 8.05. The molecule has 1 N–H and O–H groups in total. The molecule has 0 aromatic rings. The molecule has 0 rings (SSSR count). The molecule has 0 atom stereocenters. The number of aliphatic hydroxyl groups excluding tert-OH is 1. The highest BCUT2D eigenvalue weighted by Crippen LogP contribution is 1.75. The summed E-state index contributed by atoms with van der Waals surface area (Å²) in [4.78, 5) is 0. The van der Waals surface area contributed by atoms with E-state index in [2.05, 4.69) is 19.7 Å². The van der Waals surface area contributed by atoms with Gasteiger partial charge in [0.25, 0.3) is 0 Å².